The summed E-state index contributed by atoms with van der Waals surface area (Å²) in [6, 6.07) is 0. The van der Waals surface area contributed by atoms with E-state index in [1.54, 1.807) is 0 Å². The van der Waals surface area contributed by atoms with E-state index in [0.717, 1.165) is 15.6 Å². The second-order valence-electron chi connectivity index (χ2n) is 2.16. The smallest absolute Gasteiger partial charge is 0.0594 e. The van der Waals surface area contributed by atoms with Gasteiger partial charge < -0.3 is 0 Å². The van der Waals surface area contributed by atoms with Crippen LogP contribution in [0.1, 0.15) is 0 Å². The van der Waals surface area contributed by atoms with Gasteiger partial charge in [-0.3, -0.25) is 0 Å². The van der Waals surface area contributed by atoms with Crippen LogP contribution in [0, 0.1) is 0 Å². The molecule has 1 fully saturated rings. The van der Waals surface area contributed by atoms with E-state index in [0.29, 0.717) is 0 Å². The van der Waals surface area contributed by atoms with E-state index >= 15 is 0 Å². The van der Waals surface area contributed by atoms with Crippen molar-refractivity contribution in [1.29, 1.82) is 0 Å². The van der Waals surface area contributed by atoms with Crippen molar-refractivity contribution in [2.24, 2.45) is 0 Å². The number of hydrogen-bond acceptors (Lipinski definition) is 4. The highest BCUT2D eigenvalue weighted by Gasteiger charge is 2.23. The van der Waals surface area contributed by atoms with Crippen LogP contribution in [-0.2, 0) is 0 Å². The van der Waals surface area contributed by atoms with Gasteiger partial charge >= 0.3 is 0 Å². The van der Waals surface area contributed by atoms with Gasteiger partial charge in [-0.2, -0.15) is 24.4 Å². The lowest BCUT2D eigenvalue weighted by molar-refractivity contribution is 1.17. The molecule has 60 valence electrons. The van der Waals surface area contributed by atoms with E-state index in [1.165, 1.54) is 11.5 Å². The largest absolute Gasteiger partial charge is 0.177 e. The summed E-state index contributed by atoms with van der Waals surface area (Å²) in [5, 5.41) is 0.886. The van der Waals surface area contributed by atoms with Crippen LogP contribution in [0.5, 0.6) is 0 Å². The van der Waals surface area contributed by atoms with Crippen LogP contribution >= 0.6 is 47.9 Å². The van der Waals surface area contributed by atoms with E-state index in [9.17, 15) is 0 Å². The first-order chi connectivity index (χ1) is 4.86. The van der Waals surface area contributed by atoms with Crippen molar-refractivity contribution in [2.75, 3.05) is 23.5 Å². The normalized spacial score (nSPS) is 33.0. The SMILES string of the molecule is CSCC1CSC(CS)S1. The minimum Gasteiger partial charge on any atom is -0.177 e. The summed E-state index contributed by atoms with van der Waals surface area (Å²) in [6.45, 7) is 0. The molecule has 0 N–H and O–H groups in total. The summed E-state index contributed by atoms with van der Waals surface area (Å²) in [4.78, 5) is 0. The lowest BCUT2D eigenvalue weighted by Crippen LogP contribution is -2.04. The first kappa shape index (κ1) is 9.49. The molecule has 1 aliphatic heterocycles. The second-order valence-corrected chi connectivity index (χ2v) is 6.48. The lowest BCUT2D eigenvalue weighted by Gasteiger charge is -2.05. The topological polar surface area (TPSA) is 0 Å². The Kier molecular flexibility index (Phi) is 4.86. The summed E-state index contributed by atoms with van der Waals surface area (Å²) in [7, 11) is 0. The molecule has 10 heavy (non-hydrogen) atoms. The van der Waals surface area contributed by atoms with Gasteiger partial charge in [0, 0.05) is 22.5 Å². The maximum Gasteiger partial charge on any atom is 0.0594 e. The van der Waals surface area contributed by atoms with E-state index in [1.807, 2.05) is 11.8 Å². The summed E-state index contributed by atoms with van der Waals surface area (Å²) >= 11 is 10.4. The molecule has 0 spiro atoms. The highest BCUT2D eigenvalue weighted by Crippen LogP contribution is 2.39. The first-order valence-corrected chi connectivity index (χ1v) is 7.25. The van der Waals surface area contributed by atoms with Crippen LogP contribution in [0.2, 0.25) is 0 Å². The van der Waals surface area contributed by atoms with Gasteiger partial charge in [0.25, 0.3) is 0 Å². The van der Waals surface area contributed by atoms with E-state index in [4.69, 9.17) is 0 Å². The fourth-order valence-corrected chi connectivity index (χ4v) is 5.55. The van der Waals surface area contributed by atoms with Crippen molar-refractivity contribution in [3.8, 4) is 0 Å². The Balaban J connectivity index is 2.15. The minimum absolute atomic E-state index is 0.764. The van der Waals surface area contributed by atoms with Gasteiger partial charge in [-0.05, 0) is 6.26 Å². The van der Waals surface area contributed by atoms with Crippen molar-refractivity contribution in [2.45, 2.75) is 9.83 Å². The molecule has 0 aromatic rings. The molecule has 0 nitrogen and oxygen atoms in total. The van der Waals surface area contributed by atoms with Gasteiger partial charge in [-0.1, -0.05) is 0 Å². The van der Waals surface area contributed by atoms with Crippen molar-refractivity contribution in [3.05, 3.63) is 0 Å². The van der Waals surface area contributed by atoms with Gasteiger partial charge in [0.05, 0.1) is 4.58 Å². The first-order valence-electron chi connectivity index (χ1n) is 3.23. The zero-order valence-electron chi connectivity index (χ0n) is 5.95. The standard InChI is InChI=1S/C6H12S4/c1-8-3-5-4-9-6(2-7)10-5/h5-7H,2-4H2,1H3. The lowest BCUT2D eigenvalue weighted by atomic mass is 10.6. The average Bonchev–Trinajstić information content (AvgIpc) is 2.37. The predicted octanol–water partition coefficient (Wildman–Crippen LogP) is 2.45. The highest BCUT2D eigenvalue weighted by atomic mass is 32.2. The van der Waals surface area contributed by atoms with Gasteiger partial charge in [0.1, 0.15) is 0 Å². The molecule has 4 heteroatoms. The summed E-state index contributed by atoms with van der Waals surface area (Å²) in [5.74, 6) is 3.67. The number of thioether (sulfide) groups is 3. The molecule has 0 aliphatic carbocycles. The van der Waals surface area contributed by atoms with Crippen LogP contribution in [0.4, 0.5) is 0 Å². The number of thiol groups is 1. The zero-order valence-corrected chi connectivity index (χ0v) is 9.29. The maximum atomic E-state index is 4.28. The van der Waals surface area contributed by atoms with E-state index < -0.39 is 0 Å². The van der Waals surface area contributed by atoms with Crippen molar-refractivity contribution in [3.63, 3.8) is 0 Å². The number of hydrogen-bond donors (Lipinski definition) is 1. The van der Waals surface area contributed by atoms with Crippen molar-refractivity contribution in [1.82, 2.24) is 0 Å². The van der Waals surface area contributed by atoms with Gasteiger partial charge in [0.2, 0.25) is 0 Å². The van der Waals surface area contributed by atoms with Crippen LogP contribution in [0.3, 0.4) is 0 Å². The predicted molar refractivity (Wildman–Crippen MR) is 59.9 cm³/mol. The van der Waals surface area contributed by atoms with Crippen molar-refractivity contribution < 1.29 is 0 Å². The summed E-state index contributed by atoms with van der Waals surface area (Å²) in [6.07, 6.45) is 2.18. The molecule has 2 unspecified atom stereocenters. The van der Waals surface area contributed by atoms with Gasteiger partial charge in [0.15, 0.2) is 0 Å². The molecule has 1 rings (SSSR count). The molecule has 0 bridgehead atoms. The van der Waals surface area contributed by atoms with Crippen LogP contribution in [0.15, 0.2) is 0 Å². The summed E-state index contributed by atoms with van der Waals surface area (Å²) in [5.41, 5.74) is 0. The monoisotopic (exact) mass is 212 g/mol. The molecule has 2 atom stereocenters. The molecule has 0 saturated carbocycles. The van der Waals surface area contributed by atoms with Crippen LogP contribution < -0.4 is 0 Å². The van der Waals surface area contributed by atoms with Crippen molar-refractivity contribution >= 4 is 47.9 Å². The Hall–Kier alpha value is 1.40. The molecule has 0 radical (unpaired) electrons. The Bertz CT molecular complexity index is 95.7. The molecule has 0 amide bonds. The maximum absolute atomic E-state index is 4.28. The fourth-order valence-electron chi connectivity index (χ4n) is 0.877. The third-order valence-electron chi connectivity index (χ3n) is 1.31. The van der Waals surface area contributed by atoms with Crippen LogP contribution in [0.25, 0.3) is 0 Å². The van der Waals surface area contributed by atoms with E-state index in [2.05, 4.69) is 42.4 Å². The molecular formula is C6H12S4. The Morgan fingerprint density at radius 2 is 2.50 bits per heavy atom. The fraction of sp³-hybridized carbons (Fsp3) is 1.00. The molecule has 1 heterocycles. The van der Waals surface area contributed by atoms with E-state index in [-0.39, 0.29) is 0 Å². The van der Waals surface area contributed by atoms with Gasteiger partial charge in [-0.25, -0.2) is 0 Å². The Morgan fingerprint density at radius 3 is 3.00 bits per heavy atom. The molecule has 0 aromatic heterocycles. The zero-order chi connectivity index (χ0) is 7.40. The molecule has 1 saturated heterocycles. The minimum atomic E-state index is 0.764. The summed E-state index contributed by atoms with van der Waals surface area (Å²) < 4.78 is 0.764. The third kappa shape index (κ3) is 2.80. The average molecular weight is 212 g/mol. The molecular weight excluding hydrogens is 200 g/mol. The number of rotatable bonds is 3. The Labute approximate surface area is 81.1 Å². The molecule has 1 aliphatic rings. The third-order valence-corrected chi connectivity index (χ3v) is 6.39. The highest BCUT2D eigenvalue weighted by molar-refractivity contribution is 8.21. The van der Waals surface area contributed by atoms with Crippen LogP contribution in [-0.4, -0.2) is 33.3 Å². The Morgan fingerprint density at radius 1 is 1.70 bits per heavy atom. The molecule has 0 aromatic carbocycles. The quantitative estimate of drug-likeness (QED) is 0.714. The second kappa shape index (κ2) is 5.12. The van der Waals surface area contributed by atoms with Gasteiger partial charge in [-0.15, -0.1) is 23.5 Å².